The molecule has 1 aliphatic heterocycles. The summed E-state index contributed by atoms with van der Waals surface area (Å²) in [5.74, 6) is -1.80. The van der Waals surface area contributed by atoms with E-state index in [-0.39, 0.29) is 11.6 Å². The number of piperidine rings is 1. The zero-order valence-corrected chi connectivity index (χ0v) is 14.0. The molecule has 0 spiro atoms. The van der Waals surface area contributed by atoms with Crippen LogP contribution in [0.3, 0.4) is 0 Å². The Morgan fingerprint density at radius 1 is 1.19 bits per heavy atom. The van der Waals surface area contributed by atoms with Gasteiger partial charge in [0.1, 0.15) is 23.4 Å². The molecule has 1 unspecified atom stereocenters. The molecule has 1 aromatic heterocycles. The van der Waals surface area contributed by atoms with Crippen LogP contribution in [0.5, 0.6) is 0 Å². The molecule has 26 heavy (non-hydrogen) atoms. The Bertz CT molecular complexity index is 798. The first kappa shape index (κ1) is 17.8. The summed E-state index contributed by atoms with van der Waals surface area (Å²) in [5, 5.41) is 2.49. The Morgan fingerprint density at radius 2 is 1.96 bits per heavy atom. The molecule has 0 saturated carbocycles. The second-order valence-electron chi connectivity index (χ2n) is 6.04. The molecule has 0 aliphatic carbocycles. The van der Waals surface area contributed by atoms with Crippen molar-refractivity contribution in [3.8, 4) is 0 Å². The van der Waals surface area contributed by atoms with Crippen LogP contribution in [0.2, 0.25) is 0 Å². The number of carbonyl (C=O) groups is 2. The summed E-state index contributed by atoms with van der Waals surface area (Å²) in [6.07, 6.45) is 6.46. The van der Waals surface area contributed by atoms with Gasteiger partial charge >= 0.3 is 0 Å². The van der Waals surface area contributed by atoms with Crippen molar-refractivity contribution < 1.29 is 22.8 Å². The molecule has 0 bridgehead atoms. The maximum absolute atomic E-state index is 13.3. The number of benzene rings is 1. The van der Waals surface area contributed by atoms with E-state index in [2.05, 4.69) is 5.32 Å². The molecule has 2 aromatic rings. The van der Waals surface area contributed by atoms with Gasteiger partial charge in [-0.25, -0.2) is 8.78 Å². The van der Waals surface area contributed by atoms with Crippen LogP contribution in [0.15, 0.2) is 47.1 Å². The first-order valence-electron chi connectivity index (χ1n) is 8.32. The fourth-order valence-corrected chi connectivity index (χ4v) is 2.95. The molecule has 7 heteroatoms. The third kappa shape index (κ3) is 4.36. The third-order valence-corrected chi connectivity index (χ3v) is 4.15. The van der Waals surface area contributed by atoms with Gasteiger partial charge in [0, 0.05) is 24.4 Å². The summed E-state index contributed by atoms with van der Waals surface area (Å²) in [7, 11) is 0. The largest absolute Gasteiger partial charge is 0.465 e. The van der Waals surface area contributed by atoms with Crippen LogP contribution in [0.4, 0.5) is 14.5 Å². The summed E-state index contributed by atoms with van der Waals surface area (Å²) in [6.45, 7) is 0.441. The van der Waals surface area contributed by atoms with Crippen LogP contribution in [0, 0.1) is 11.6 Å². The van der Waals surface area contributed by atoms with Crippen molar-refractivity contribution in [3.63, 3.8) is 0 Å². The highest BCUT2D eigenvalue weighted by atomic mass is 19.1. The van der Waals surface area contributed by atoms with Crippen LogP contribution >= 0.6 is 0 Å². The summed E-state index contributed by atoms with van der Waals surface area (Å²) in [4.78, 5) is 26.5. The minimum Gasteiger partial charge on any atom is -0.465 e. The van der Waals surface area contributed by atoms with Crippen molar-refractivity contribution in [2.75, 3.05) is 11.9 Å². The maximum Gasteiger partial charge on any atom is 0.247 e. The van der Waals surface area contributed by atoms with Crippen molar-refractivity contribution in [1.29, 1.82) is 0 Å². The average molecular weight is 360 g/mol. The monoisotopic (exact) mass is 360 g/mol. The van der Waals surface area contributed by atoms with E-state index in [1.54, 1.807) is 12.1 Å². The van der Waals surface area contributed by atoms with Crippen molar-refractivity contribution in [2.24, 2.45) is 0 Å². The first-order chi connectivity index (χ1) is 12.5. The van der Waals surface area contributed by atoms with Gasteiger partial charge in [-0.1, -0.05) is 0 Å². The van der Waals surface area contributed by atoms with Crippen LogP contribution in [0.1, 0.15) is 25.0 Å². The standard InChI is InChI=1S/C19H18F2N2O3/c20-13-10-14(21)12-15(11-13)22-19(25)17-5-1-2-8-23(17)18(24)7-6-16-4-3-9-26-16/h3-4,6-7,9-12,17H,1-2,5,8H2,(H,22,25)/b7-6+. The number of halogens is 2. The maximum atomic E-state index is 13.3. The van der Waals surface area contributed by atoms with E-state index in [9.17, 15) is 18.4 Å². The number of amides is 2. The van der Waals surface area contributed by atoms with Crippen LogP contribution in [-0.2, 0) is 9.59 Å². The smallest absolute Gasteiger partial charge is 0.247 e. The summed E-state index contributed by atoms with van der Waals surface area (Å²) < 4.78 is 31.7. The van der Waals surface area contributed by atoms with Gasteiger partial charge in [0.25, 0.3) is 0 Å². The van der Waals surface area contributed by atoms with Gasteiger partial charge in [-0.05, 0) is 49.6 Å². The van der Waals surface area contributed by atoms with Gasteiger partial charge in [-0.3, -0.25) is 9.59 Å². The number of hydrogen-bond acceptors (Lipinski definition) is 3. The van der Waals surface area contributed by atoms with Crippen LogP contribution < -0.4 is 5.32 Å². The van der Waals surface area contributed by atoms with Gasteiger partial charge in [-0.15, -0.1) is 0 Å². The predicted octanol–water partition coefficient (Wildman–Crippen LogP) is 3.59. The normalized spacial score (nSPS) is 17.5. The fraction of sp³-hybridized carbons (Fsp3) is 0.263. The van der Waals surface area contributed by atoms with E-state index in [0.717, 1.165) is 31.0 Å². The molecule has 0 radical (unpaired) electrons. The number of nitrogens with zero attached hydrogens (tertiary/aromatic N) is 1. The number of carbonyl (C=O) groups excluding carboxylic acids is 2. The molecule has 5 nitrogen and oxygen atoms in total. The van der Waals surface area contributed by atoms with E-state index >= 15 is 0 Å². The molecule has 1 aliphatic rings. The molecule has 136 valence electrons. The lowest BCUT2D eigenvalue weighted by atomic mass is 10.0. The lowest BCUT2D eigenvalue weighted by Gasteiger charge is -2.34. The molecule has 1 N–H and O–H groups in total. The quantitative estimate of drug-likeness (QED) is 0.848. The lowest BCUT2D eigenvalue weighted by Crippen LogP contribution is -2.49. The van der Waals surface area contributed by atoms with Crippen LogP contribution in [-0.4, -0.2) is 29.3 Å². The Hall–Kier alpha value is -2.96. The fourth-order valence-electron chi connectivity index (χ4n) is 2.95. The number of rotatable bonds is 4. The molecule has 1 fully saturated rings. The summed E-state index contributed by atoms with van der Waals surface area (Å²) >= 11 is 0. The highest BCUT2D eigenvalue weighted by Gasteiger charge is 2.31. The van der Waals surface area contributed by atoms with Crippen LogP contribution in [0.25, 0.3) is 6.08 Å². The lowest BCUT2D eigenvalue weighted by molar-refractivity contribution is -0.136. The summed E-state index contributed by atoms with van der Waals surface area (Å²) in [6, 6.07) is 5.52. The molecule has 2 heterocycles. The number of anilines is 1. The molecule has 1 saturated heterocycles. The minimum atomic E-state index is -0.779. The molecular weight excluding hydrogens is 342 g/mol. The van der Waals surface area contributed by atoms with Gasteiger partial charge in [-0.2, -0.15) is 0 Å². The van der Waals surface area contributed by atoms with Gasteiger partial charge in [0.2, 0.25) is 11.8 Å². The Labute approximate surface area is 149 Å². The van der Waals surface area contributed by atoms with Gasteiger partial charge in [0.05, 0.1) is 6.26 Å². The Morgan fingerprint density at radius 3 is 2.65 bits per heavy atom. The van der Waals surface area contributed by atoms with E-state index in [1.807, 2.05) is 0 Å². The molecule has 3 rings (SSSR count). The Kier molecular flexibility index (Phi) is 5.46. The number of likely N-dealkylation sites (tertiary alicyclic amines) is 1. The zero-order valence-electron chi connectivity index (χ0n) is 14.0. The molecule has 1 atom stereocenters. The summed E-state index contributed by atoms with van der Waals surface area (Å²) in [5.41, 5.74) is 0.0246. The first-order valence-corrected chi connectivity index (χ1v) is 8.32. The topological polar surface area (TPSA) is 62.6 Å². The molecular formula is C19H18F2N2O3. The van der Waals surface area contributed by atoms with E-state index < -0.39 is 23.6 Å². The number of hydrogen-bond donors (Lipinski definition) is 1. The third-order valence-electron chi connectivity index (χ3n) is 4.15. The van der Waals surface area contributed by atoms with Gasteiger partial charge in [0.15, 0.2) is 0 Å². The molecule has 2 amide bonds. The van der Waals surface area contributed by atoms with E-state index in [4.69, 9.17) is 4.42 Å². The van der Waals surface area contributed by atoms with Crippen molar-refractivity contribution in [1.82, 2.24) is 4.90 Å². The Balaban J connectivity index is 1.71. The second-order valence-corrected chi connectivity index (χ2v) is 6.04. The van der Waals surface area contributed by atoms with Crippen molar-refractivity contribution in [2.45, 2.75) is 25.3 Å². The minimum absolute atomic E-state index is 0.0246. The van der Waals surface area contributed by atoms with E-state index in [0.29, 0.717) is 18.7 Å². The average Bonchev–Trinajstić information content (AvgIpc) is 3.12. The highest BCUT2D eigenvalue weighted by Crippen LogP contribution is 2.21. The second kappa shape index (κ2) is 7.95. The SMILES string of the molecule is O=C(Nc1cc(F)cc(F)c1)C1CCCCN1C(=O)/C=C/c1ccco1. The number of nitrogens with one attached hydrogen (secondary N) is 1. The predicted molar refractivity (Wildman–Crippen MR) is 92.1 cm³/mol. The van der Waals surface area contributed by atoms with Crippen molar-refractivity contribution in [3.05, 3.63) is 60.1 Å². The highest BCUT2D eigenvalue weighted by molar-refractivity contribution is 6.00. The van der Waals surface area contributed by atoms with E-state index in [1.165, 1.54) is 23.3 Å². The van der Waals surface area contributed by atoms with Crippen molar-refractivity contribution >= 4 is 23.6 Å². The van der Waals surface area contributed by atoms with Gasteiger partial charge < -0.3 is 14.6 Å². The number of furan rings is 1. The zero-order chi connectivity index (χ0) is 18.5. The molecule has 1 aromatic carbocycles.